The number of rotatable bonds is 8. The van der Waals surface area contributed by atoms with E-state index in [4.69, 9.17) is 0 Å². The van der Waals surface area contributed by atoms with Gasteiger partial charge in [-0.3, -0.25) is 14.7 Å². The van der Waals surface area contributed by atoms with Crippen molar-refractivity contribution in [2.75, 3.05) is 26.7 Å². The smallest absolute Gasteiger partial charge is 0.250 e. The minimum atomic E-state index is 0. The zero-order valence-corrected chi connectivity index (χ0v) is 21.0. The van der Waals surface area contributed by atoms with Crippen LogP contribution >= 0.6 is 24.0 Å². The number of aliphatic imine (C=N–C) groups is 1. The van der Waals surface area contributed by atoms with Crippen molar-refractivity contribution in [1.29, 1.82) is 0 Å². The number of aryl methyl sites for hydroxylation is 1. The molecule has 1 saturated heterocycles. The Hall–Kier alpha value is -1.87. The molecule has 1 aromatic heterocycles. The van der Waals surface area contributed by atoms with Crippen LogP contribution in [0.2, 0.25) is 0 Å². The first-order valence-electron chi connectivity index (χ1n) is 11.1. The van der Waals surface area contributed by atoms with E-state index in [9.17, 15) is 4.79 Å². The summed E-state index contributed by atoms with van der Waals surface area (Å²) in [7, 11) is 1.83. The lowest BCUT2D eigenvalue weighted by Crippen LogP contribution is -2.48. The molecule has 3 rings (SSSR count). The van der Waals surface area contributed by atoms with E-state index in [-0.39, 0.29) is 29.5 Å². The zero-order valence-electron chi connectivity index (χ0n) is 18.7. The first-order chi connectivity index (χ1) is 14.7. The molecule has 31 heavy (non-hydrogen) atoms. The van der Waals surface area contributed by atoms with E-state index in [0.717, 1.165) is 70.1 Å². The van der Waals surface area contributed by atoms with E-state index in [1.54, 1.807) is 6.07 Å². The minimum absolute atomic E-state index is 0. The van der Waals surface area contributed by atoms with Crippen LogP contribution in [0.15, 0.2) is 58.3 Å². The SMILES string of the molecule is CN=C(NCCCCn1c(C)cccc1=O)NC1CCN(Cc2ccccc2)CC1.I. The van der Waals surface area contributed by atoms with Crippen LogP contribution in [0.4, 0.5) is 0 Å². The molecular formula is C24H36IN5O. The summed E-state index contributed by atoms with van der Waals surface area (Å²) in [5.74, 6) is 0.879. The molecule has 2 N–H and O–H groups in total. The van der Waals surface area contributed by atoms with Crippen molar-refractivity contribution < 1.29 is 0 Å². The van der Waals surface area contributed by atoms with Gasteiger partial charge < -0.3 is 15.2 Å². The fourth-order valence-electron chi connectivity index (χ4n) is 3.98. The molecule has 2 heterocycles. The lowest BCUT2D eigenvalue weighted by atomic mass is 10.0. The second kappa shape index (κ2) is 13.5. The van der Waals surface area contributed by atoms with E-state index in [2.05, 4.69) is 50.9 Å². The van der Waals surface area contributed by atoms with E-state index >= 15 is 0 Å². The number of pyridine rings is 1. The zero-order chi connectivity index (χ0) is 21.2. The van der Waals surface area contributed by atoms with Crippen LogP contribution in [0, 0.1) is 6.92 Å². The molecule has 0 saturated carbocycles. The quantitative estimate of drug-likeness (QED) is 0.235. The van der Waals surface area contributed by atoms with Gasteiger partial charge in [-0.1, -0.05) is 36.4 Å². The van der Waals surface area contributed by atoms with Crippen molar-refractivity contribution in [3.8, 4) is 0 Å². The van der Waals surface area contributed by atoms with Crippen molar-refractivity contribution >= 4 is 29.9 Å². The van der Waals surface area contributed by atoms with E-state index in [1.807, 2.05) is 30.7 Å². The maximum atomic E-state index is 11.9. The number of hydrogen-bond acceptors (Lipinski definition) is 3. The lowest BCUT2D eigenvalue weighted by molar-refractivity contribution is 0.198. The number of benzene rings is 1. The van der Waals surface area contributed by atoms with E-state index < -0.39 is 0 Å². The molecule has 170 valence electrons. The van der Waals surface area contributed by atoms with Crippen LogP contribution in [0.1, 0.15) is 36.9 Å². The van der Waals surface area contributed by atoms with Crippen molar-refractivity contribution in [2.24, 2.45) is 4.99 Å². The Morgan fingerprint density at radius 2 is 1.81 bits per heavy atom. The molecule has 0 radical (unpaired) electrons. The molecule has 0 amide bonds. The van der Waals surface area contributed by atoms with Crippen LogP contribution in [-0.2, 0) is 13.1 Å². The molecule has 2 aromatic rings. The minimum Gasteiger partial charge on any atom is -0.356 e. The number of nitrogens with zero attached hydrogens (tertiary/aromatic N) is 3. The number of halogens is 1. The summed E-state index contributed by atoms with van der Waals surface area (Å²) in [5, 5.41) is 7.00. The van der Waals surface area contributed by atoms with Crippen LogP contribution in [0.5, 0.6) is 0 Å². The van der Waals surface area contributed by atoms with Gasteiger partial charge in [-0.15, -0.1) is 24.0 Å². The summed E-state index contributed by atoms with van der Waals surface area (Å²) in [4.78, 5) is 18.8. The van der Waals surface area contributed by atoms with Gasteiger partial charge in [0.05, 0.1) is 0 Å². The van der Waals surface area contributed by atoms with Gasteiger partial charge in [0, 0.05) is 57.6 Å². The topological polar surface area (TPSA) is 61.7 Å². The highest BCUT2D eigenvalue weighted by Crippen LogP contribution is 2.13. The summed E-state index contributed by atoms with van der Waals surface area (Å²) >= 11 is 0. The number of unbranched alkanes of at least 4 members (excludes halogenated alkanes) is 1. The van der Waals surface area contributed by atoms with Crippen LogP contribution in [-0.4, -0.2) is 48.2 Å². The maximum absolute atomic E-state index is 11.9. The molecule has 1 fully saturated rings. The fourth-order valence-corrected chi connectivity index (χ4v) is 3.98. The Morgan fingerprint density at radius 1 is 1.06 bits per heavy atom. The molecule has 1 aromatic carbocycles. The van der Waals surface area contributed by atoms with Crippen molar-refractivity contribution in [2.45, 2.75) is 51.7 Å². The Bertz CT molecular complexity index is 860. The predicted molar refractivity (Wildman–Crippen MR) is 139 cm³/mol. The molecule has 6 nitrogen and oxygen atoms in total. The molecule has 0 bridgehead atoms. The average Bonchev–Trinajstić information content (AvgIpc) is 2.76. The summed E-state index contributed by atoms with van der Waals surface area (Å²) in [6.07, 6.45) is 4.22. The number of nitrogens with one attached hydrogen (secondary N) is 2. The third-order valence-corrected chi connectivity index (χ3v) is 5.77. The lowest BCUT2D eigenvalue weighted by Gasteiger charge is -2.33. The number of piperidine rings is 1. The second-order valence-electron chi connectivity index (χ2n) is 8.04. The highest BCUT2D eigenvalue weighted by molar-refractivity contribution is 14.0. The highest BCUT2D eigenvalue weighted by Gasteiger charge is 2.19. The molecule has 0 aliphatic carbocycles. The third kappa shape index (κ3) is 8.29. The van der Waals surface area contributed by atoms with Crippen molar-refractivity contribution in [3.63, 3.8) is 0 Å². The first-order valence-corrected chi connectivity index (χ1v) is 11.1. The highest BCUT2D eigenvalue weighted by atomic mass is 127. The Kier molecular flexibility index (Phi) is 11.1. The molecular weight excluding hydrogens is 501 g/mol. The van der Waals surface area contributed by atoms with Gasteiger partial charge in [0.2, 0.25) is 0 Å². The number of aromatic nitrogens is 1. The van der Waals surface area contributed by atoms with Crippen LogP contribution < -0.4 is 16.2 Å². The first kappa shape index (κ1) is 25.4. The van der Waals surface area contributed by atoms with E-state index in [0.29, 0.717) is 6.04 Å². The van der Waals surface area contributed by atoms with Crippen molar-refractivity contribution in [1.82, 2.24) is 20.1 Å². The Balaban J connectivity index is 0.00000341. The molecule has 1 aliphatic heterocycles. The van der Waals surface area contributed by atoms with E-state index in [1.165, 1.54) is 5.56 Å². The number of guanidine groups is 1. The molecule has 0 unspecified atom stereocenters. The molecule has 0 atom stereocenters. The van der Waals surface area contributed by atoms with Gasteiger partial charge in [0.25, 0.3) is 5.56 Å². The molecule has 7 heteroatoms. The van der Waals surface area contributed by atoms with Crippen LogP contribution in [0.3, 0.4) is 0 Å². The van der Waals surface area contributed by atoms with Gasteiger partial charge in [0.1, 0.15) is 0 Å². The van der Waals surface area contributed by atoms with Gasteiger partial charge in [-0.2, -0.15) is 0 Å². The summed E-state index contributed by atoms with van der Waals surface area (Å²) in [5.41, 5.74) is 2.49. The Labute approximate surface area is 203 Å². The predicted octanol–water partition coefficient (Wildman–Crippen LogP) is 3.38. The normalized spacial score (nSPS) is 15.4. The second-order valence-corrected chi connectivity index (χ2v) is 8.04. The summed E-state index contributed by atoms with van der Waals surface area (Å²) in [6.45, 7) is 6.84. The van der Waals surface area contributed by atoms with Gasteiger partial charge >= 0.3 is 0 Å². The standard InChI is InChI=1S/C24H35N5O.HI/c1-20-9-8-12-23(30)29(20)16-7-6-15-26-24(25-2)27-22-13-17-28(18-14-22)19-21-10-4-3-5-11-21;/h3-5,8-12,22H,6-7,13-19H2,1-2H3,(H2,25,26,27);1H. The number of hydrogen-bond donors (Lipinski definition) is 2. The summed E-state index contributed by atoms with van der Waals surface area (Å²) < 4.78 is 1.84. The number of likely N-dealkylation sites (tertiary alicyclic amines) is 1. The Morgan fingerprint density at radius 3 is 2.48 bits per heavy atom. The average molecular weight is 537 g/mol. The van der Waals surface area contributed by atoms with Gasteiger partial charge in [-0.25, -0.2) is 0 Å². The summed E-state index contributed by atoms with van der Waals surface area (Å²) in [6, 6.07) is 16.6. The van der Waals surface area contributed by atoms with Crippen molar-refractivity contribution in [3.05, 3.63) is 70.1 Å². The molecule has 1 aliphatic rings. The third-order valence-electron chi connectivity index (χ3n) is 5.77. The largest absolute Gasteiger partial charge is 0.356 e. The maximum Gasteiger partial charge on any atom is 0.250 e. The monoisotopic (exact) mass is 537 g/mol. The van der Waals surface area contributed by atoms with Gasteiger partial charge in [-0.05, 0) is 44.2 Å². The molecule has 0 spiro atoms. The van der Waals surface area contributed by atoms with Gasteiger partial charge in [0.15, 0.2) is 5.96 Å². The fraction of sp³-hybridized carbons (Fsp3) is 0.500. The van der Waals surface area contributed by atoms with Crippen LogP contribution in [0.25, 0.3) is 0 Å².